The van der Waals surface area contributed by atoms with Gasteiger partial charge in [-0.1, -0.05) is 6.07 Å². The first-order valence-electron chi connectivity index (χ1n) is 7.12. The van der Waals surface area contributed by atoms with E-state index in [-0.39, 0.29) is 5.56 Å². The lowest BCUT2D eigenvalue weighted by Gasteiger charge is -2.12. The molecule has 0 saturated heterocycles. The third kappa shape index (κ3) is 2.40. The van der Waals surface area contributed by atoms with Crippen molar-refractivity contribution in [3.63, 3.8) is 0 Å². The average Bonchev–Trinajstić information content (AvgIpc) is 2.93. The molecule has 0 amide bonds. The Kier molecular flexibility index (Phi) is 3.70. The largest absolute Gasteiger partial charge is 0.493 e. The van der Waals surface area contributed by atoms with Crippen molar-refractivity contribution in [1.29, 1.82) is 0 Å². The highest BCUT2D eigenvalue weighted by Gasteiger charge is 2.21. The molecule has 5 heteroatoms. The van der Waals surface area contributed by atoms with Gasteiger partial charge in [0.2, 0.25) is 0 Å². The number of rotatable bonds is 4. The standard InChI is InChI=1S/C18H17NO4/c1-11-8-15(22-2)16(23-3)9-12(11)13-10-19-7-5-4-6-14(19)17(13)18(20)21/h4-10H,1-3H3,(H,20,21). The second-order valence-electron chi connectivity index (χ2n) is 5.24. The normalized spacial score (nSPS) is 10.7. The van der Waals surface area contributed by atoms with Gasteiger partial charge >= 0.3 is 5.97 Å². The van der Waals surface area contributed by atoms with Gasteiger partial charge in [0.15, 0.2) is 11.5 Å². The number of aryl methyl sites for hydroxylation is 1. The van der Waals surface area contributed by atoms with Gasteiger partial charge in [-0.25, -0.2) is 4.79 Å². The molecule has 0 bridgehead atoms. The van der Waals surface area contributed by atoms with E-state index in [0.717, 1.165) is 11.1 Å². The maximum Gasteiger partial charge on any atom is 0.338 e. The minimum atomic E-state index is -0.956. The molecule has 1 aromatic carbocycles. The Hall–Kier alpha value is -2.95. The summed E-state index contributed by atoms with van der Waals surface area (Å²) in [5.74, 6) is 0.233. The van der Waals surface area contributed by atoms with E-state index in [0.29, 0.717) is 22.6 Å². The van der Waals surface area contributed by atoms with Crippen LogP contribution in [0.15, 0.2) is 42.7 Å². The number of carbonyl (C=O) groups is 1. The number of aromatic carboxylic acids is 1. The summed E-state index contributed by atoms with van der Waals surface area (Å²) in [5.41, 5.74) is 3.32. The van der Waals surface area contributed by atoms with Gasteiger partial charge in [0, 0.05) is 18.0 Å². The number of hydrogen-bond donors (Lipinski definition) is 1. The van der Waals surface area contributed by atoms with Crippen LogP contribution < -0.4 is 9.47 Å². The number of fused-ring (bicyclic) bond motifs is 1. The molecular formula is C18H17NO4. The number of benzene rings is 1. The predicted octanol–water partition coefficient (Wildman–Crippen LogP) is 3.63. The Balaban J connectivity index is 2.32. The maximum absolute atomic E-state index is 11.8. The monoisotopic (exact) mass is 311 g/mol. The zero-order valence-corrected chi connectivity index (χ0v) is 13.2. The van der Waals surface area contributed by atoms with Gasteiger partial charge in [0.1, 0.15) is 0 Å². The van der Waals surface area contributed by atoms with Gasteiger partial charge in [-0.2, -0.15) is 0 Å². The van der Waals surface area contributed by atoms with Crippen molar-refractivity contribution < 1.29 is 19.4 Å². The fourth-order valence-electron chi connectivity index (χ4n) is 2.82. The van der Waals surface area contributed by atoms with Crippen LogP contribution >= 0.6 is 0 Å². The molecule has 0 unspecified atom stereocenters. The molecule has 0 radical (unpaired) electrons. The summed E-state index contributed by atoms with van der Waals surface area (Å²) in [6.45, 7) is 1.92. The highest BCUT2D eigenvalue weighted by atomic mass is 16.5. The lowest BCUT2D eigenvalue weighted by Crippen LogP contribution is -1.99. The molecule has 3 aromatic rings. The number of nitrogens with zero attached hydrogens (tertiary/aromatic N) is 1. The second-order valence-corrected chi connectivity index (χ2v) is 5.24. The molecule has 0 aliphatic carbocycles. The van der Waals surface area contributed by atoms with Crippen molar-refractivity contribution in [2.45, 2.75) is 6.92 Å². The van der Waals surface area contributed by atoms with Crippen molar-refractivity contribution in [3.05, 3.63) is 53.9 Å². The summed E-state index contributed by atoms with van der Waals surface area (Å²) in [6.07, 6.45) is 3.66. The number of carboxylic acids is 1. The number of hydrogen-bond acceptors (Lipinski definition) is 3. The summed E-state index contributed by atoms with van der Waals surface area (Å²) in [7, 11) is 3.14. The second kappa shape index (κ2) is 5.68. The Morgan fingerprint density at radius 1 is 1.09 bits per heavy atom. The molecule has 2 heterocycles. The van der Waals surface area contributed by atoms with Crippen LogP contribution in [0.25, 0.3) is 16.6 Å². The van der Waals surface area contributed by atoms with Gasteiger partial charge in [0.25, 0.3) is 0 Å². The molecule has 0 aliphatic heterocycles. The molecule has 0 saturated carbocycles. The quantitative estimate of drug-likeness (QED) is 0.799. The summed E-state index contributed by atoms with van der Waals surface area (Å²) < 4.78 is 12.5. The number of carboxylic acid groups (broad SMARTS) is 1. The van der Waals surface area contributed by atoms with Gasteiger partial charge in [0.05, 0.1) is 25.3 Å². The summed E-state index contributed by atoms with van der Waals surface area (Å²) >= 11 is 0. The Morgan fingerprint density at radius 2 is 1.78 bits per heavy atom. The zero-order chi connectivity index (χ0) is 16.6. The van der Waals surface area contributed by atoms with Crippen LogP contribution in [0, 0.1) is 6.92 Å². The van der Waals surface area contributed by atoms with Crippen molar-refractivity contribution in [2.75, 3.05) is 14.2 Å². The van der Waals surface area contributed by atoms with Crippen LogP contribution in [0.2, 0.25) is 0 Å². The van der Waals surface area contributed by atoms with Gasteiger partial charge in [-0.15, -0.1) is 0 Å². The molecule has 118 valence electrons. The molecule has 0 aliphatic rings. The lowest BCUT2D eigenvalue weighted by molar-refractivity contribution is 0.0700. The predicted molar refractivity (Wildman–Crippen MR) is 87.6 cm³/mol. The number of aromatic nitrogens is 1. The van der Waals surface area contributed by atoms with Crippen LogP contribution in [0.1, 0.15) is 15.9 Å². The van der Waals surface area contributed by atoms with E-state index in [2.05, 4.69) is 0 Å². The summed E-state index contributed by atoms with van der Waals surface area (Å²) in [5, 5.41) is 9.66. The highest BCUT2D eigenvalue weighted by Crippen LogP contribution is 2.38. The first-order chi connectivity index (χ1) is 11.1. The van der Waals surface area contributed by atoms with Crippen molar-refractivity contribution in [2.24, 2.45) is 0 Å². The van der Waals surface area contributed by atoms with E-state index < -0.39 is 5.97 Å². The van der Waals surface area contributed by atoms with Crippen LogP contribution in [-0.4, -0.2) is 29.7 Å². The third-order valence-electron chi connectivity index (χ3n) is 3.92. The third-order valence-corrected chi connectivity index (χ3v) is 3.92. The van der Waals surface area contributed by atoms with Crippen LogP contribution in [0.5, 0.6) is 11.5 Å². The van der Waals surface area contributed by atoms with E-state index in [4.69, 9.17) is 9.47 Å². The number of pyridine rings is 1. The molecule has 2 aromatic heterocycles. The Bertz CT molecular complexity index is 895. The Morgan fingerprint density at radius 3 is 2.43 bits per heavy atom. The first kappa shape index (κ1) is 15.0. The zero-order valence-electron chi connectivity index (χ0n) is 13.2. The summed E-state index contributed by atoms with van der Waals surface area (Å²) in [6, 6.07) is 9.15. The van der Waals surface area contributed by atoms with Gasteiger partial charge < -0.3 is 19.0 Å². The average molecular weight is 311 g/mol. The Labute approximate surface area is 133 Å². The van der Waals surface area contributed by atoms with E-state index in [1.807, 2.05) is 48.0 Å². The maximum atomic E-state index is 11.8. The van der Waals surface area contributed by atoms with Gasteiger partial charge in [-0.05, 0) is 42.3 Å². The van der Waals surface area contributed by atoms with Crippen molar-refractivity contribution in [3.8, 4) is 22.6 Å². The first-order valence-corrected chi connectivity index (χ1v) is 7.12. The summed E-state index contributed by atoms with van der Waals surface area (Å²) in [4.78, 5) is 11.8. The van der Waals surface area contributed by atoms with Gasteiger partial charge in [-0.3, -0.25) is 0 Å². The van der Waals surface area contributed by atoms with Crippen molar-refractivity contribution in [1.82, 2.24) is 4.40 Å². The number of methoxy groups -OCH3 is 2. The fraction of sp³-hybridized carbons (Fsp3) is 0.167. The van der Waals surface area contributed by atoms with E-state index in [1.165, 1.54) is 0 Å². The van der Waals surface area contributed by atoms with E-state index >= 15 is 0 Å². The van der Waals surface area contributed by atoms with Crippen LogP contribution in [0.4, 0.5) is 0 Å². The van der Waals surface area contributed by atoms with Crippen molar-refractivity contribution >= 4 is 11.5 Å². The topological polar surface area (TPSA) is 60.2 Å². The fourth-order valence-corrected chi connectivity index (χ4v) is 2.82. The molecule has 5 nitrogen and oxygen atoms in total. The highest BCUT2D eigenvalue weighted by molar-refractivity contribution is 6.04. The minimum absolute atomic E-state index is 0.279. The molecule has 0 spiro atoms. The SMILES string of the molecule is COc1cc(C)c(-c2cn3ccccc3c2C(=O)O)cc1OC. The van der Waals surface area contributed by atoms with E-state index in [1.54, 1.807) is 20.3 Å². The molecule has 0 fully saturated rings. The minimum Gasteiger partial charge on any atom is -0.493 e. The van der Waals surface area contributed by atoms with Crippen LogP contribution in [0.3, 0.4) is 0 Å². The van der Waals surface area contributed by atoms with E-state index in [9.17, 15) is 9.90 Å². The number of ether oxygens (including phenoxy) is 2. The lowest BCUT2D eigenvalue weighted by atomic mass is 9.98. The molecular weight excluding hydrogens is 294 g/mol. The molecule has 3 rings (SSSR count). The molecule has 0 atom stereocenters. The smallest absolute Gasteiger partial charge is 0.338 e. The molecule has 23 heavy (non-hydrogen) atoms. The molecule has 1 N–H and O–H groups in total. The van der Waals surface area contributed by atoms with Crippen LogP contribution in [-0.2, 0) is 0 Å².